The molecule has 1 N–H and O–H groups in total. The van der Waals surface area contributed by atoms with Gasteiger partial charge in [0.05, 0.1) is 7.05 Å². The lowest BCUT2D eigenvalue weighted by atomic mass is 10.2. The van der Waals surface area contributed by atoms with E-state index in [2.05, 4.69) is 25.2 Å². The van der Waals surface area contributed by atoms with Crippen LogP contribution in [0, 0.1) is 0 Å². The fourth-order valence-corrected chi connectivity index (χ4v) is 2.96. The minimum Gasteiger partial charge on any atom is -0.326 e. The van der Waals surface area contributed by atoms with E-state index in [4.69, 9.17) is 0 Å². The number of fused-ring (bicyclic) bond motifs is 1. The predicted molar refractivity (Wildman–Crippen MR) is 84.4 cm³/mol. The first-order chi connectivity index (χ1) is 10.2. The maximum atomic E-state index is 12.5. The molecule has 0 radical (unpaired) electrons. The summed E-state index contributed by atoms with van der Waals surface area (Å²) in [6.07, 6.45) is 0.972. The third kappa shape index (κ3) is 3.14. The highest BCUT2D eigenvalue weighted by atomic mass is 16.2. The number of carbonyl (C=O) groups is 1. The van der Waals surface area contributed by atoms with Crippen LogP contribution in [0.4, 0.5) is 5.69 Å². The SMILES string of the molecule is C[NH+](CC(=O)N1CCc2ccccc21)Cc1ccccc1. The normalized spacial score (nSPS) is 14.8. The highest BCUT2D eigenvalue weighted by Gasteiger charge is 2.26. The van der Waals surface area contributed by atoms with Crippen LogP contribution >= 0.6 is 0 Å². The Kier molecular flexibility index (Phi) is 4.02. The van der Waals surface area contributed by atoms with Gasteiger partial charge in [-0.1, -0.05) is 48.5 Å². The largest absolute Gasteiger partial charge is 0.326 e. The van der Waals surface area contributed by atoms with Crippen molar-refractivity contribution >= 4 is 11.6 Å². The summed E-state index contributed by atoms with van der Waals surface area (Å²) in [5, 5.41) is 0. The number of nitrogens with zero attached hydrogens (tertiary/aromatic N) is 1. The Balaban J connectivity index is 1.62. The molecule has 1 atom stereocenters. The molecule has 21 heavy (non-hydrogen) atoms. The molecule has 3 nitrogen and oxygen atoms in total. The van der Waals surface area contributed by atoms with E-state index in [1.807, 2.05) is 41.3 Å². The Hall–Kier alpha value is -2.13. The Morgan fingerprint density at radius 2 is 1.81 bits per heavy atom. The Morgan fingerprint density at radius 1 is 1.10 bits per heavy atom. The molecule has 1 unspecified atom stereocenters. The molecule has 3 rings (SSSR count). The van der Waals surface area contributed by atoms with Crippen LogP contribution in [-0.2, 0) is 17.8 Å². The summed E-state index contributed by atoms with van der Waals surface area (Å²) in [4.78, 5) is 15.7. The molecular formula is C18H21N2O+. The quantitative estimate of drug-likeness (QED) is 0.897. The van der Waals surface area contributed by atoms with Crippen LogP contribution in [0.2, 0.25) is 0 Å². The van der Waals surface area contributed by atoms with Gasteiger partial charge in [0, 0.05) is 17.8 Å². The molecule has 0 bridgehead atoms. The number of para-hydroxylation sites is 1. The van der Waals surface area contributed by atoms with Crippen molar-refractivity contribution in [2.45, 2.75) is 13.0 Å². The molecule has 1 aliphatic rings. The van der Waals surface area contributed by atoms with Crippen LogP contribution in [0.3, 0.4) is 0 Å². The number of nitrogens with one attached hydrogen (secondary N) is 1. The summed E-state index contributed by atoms with van der Waals surface area (Å²) in [7, 11) is 2.08. The average molecular weight is 281 g/mol. The van der Waals surface area contributed by atoms with E-state index in [1.54, 1.807) is 0 Å². The molecule has 1 heterocycles. The minimum atomic E-state index is 0.216. The molecule has 3 heteroatoms. The van der Waals surface area contributed by atoms with E-state index in [0.29, 0.717) is 6.54 Å². The molecule has 0 aliphatic carbocycles. The maximum absolute atomic E-state index is 12.5. The van der Waals surface area contributed by atoms with Gasteiger partial charge in [-0.2, -0.15) is 0 Å². The molecule has 108 valence electrons. The van der Waals surface area contributed by atoms with Crippen LogP contribution < -0.4 is 9.80 Å². The lowest BCUT2D eigenvalue weighted by Crippen LogP contribution is -3.08. The molecule has 0 saturated carbocycles. The van der Waals surface area contributed by atoms with E-state index >= 15 is 0 Å². The van der Waals surface area contributed by atoms with Crippen LogP contribution in [0.15, 0.2) is 54.6 Å². The number of quaternary nitrogens is 1. The van der Waals surface area contributed by atoms with Gasteiger partial charge in [-0.05, 0) is 18.1 Å². The van der Waals surface area contributed by atoms with Gasteiger partial charge in [0.2, 0.25) is 0 Å². The molecular weight excluding hydrogens is 260 g/mol. The molecule has 2 aromatic rings. The summed E-state index contributed by atoms with van der Waals surface area (Å²) < 4.78 is 0. The monoisotopic (exact) mass is 281 g/mol. The van der Waals surface area contributed by atoms with E-state index in [1.165, 1.54) is 16.0 Å². The fraction of sp³-hybridized carbons (Fsp3) is 0.278. The first-order valence-corrected chi connectivity index (χ1v) is 7.47. The summed E-state index contributed by atoms with van der Waals surface area (Å²) in [6.45, 7) is 2.22. The second-order valence-electron chi connectivity index (χ2n) is 5.72. The number of benzene rings is 2. The molecule has 0 saturated heterocycles. The second kappa shape index (κ2) is 6.10. The first kappa shape index (κ1) is 13.8. The Labute approximate surface area is 125 Å². The van der Waals surface area contributed by atoms with Crippen molar-refractivity contribution in [2.75, 3.05) is 25.0 Å². The van der Waals surface area contributed by atoms with Gasteiger partial charge >= 0.3 is 0 Å². The van der Waals surface area contributed by atoms with E-state index in [-0.39, 0.29) is 5.91 Å². The third-order valence-electron chi connectivity index (χ3n) is 3.99. The lowest BCUT2D eigenvalue weighted by Gasteiger charge is -2.20. The zero-order valence-corrected chi connectivity index (χ0v) is 12.4. The van der Waals surface area contributed by atoms with Gasteiger partial charge in [-0.3, -0.25) is 4.79 Å². The highest BCUT2D eigenvalue weighted by molar-refractivity contribution is 5.96. The van der Waals surface area contributed by atoms with Crippen LogP contribution in [0.1, 0.15) is 11.1 Å². The minimum absolute atomic E-state index is 0.216. The summed E-state index contributed by atoms with van der Waals surface area (Å²) in [6, 6.07) is 18.5. The van der Waals surface area contributed by atoms with E-state index < -0.39 is 0 Å². The smallest absolute Gasteiger partial charge is 0.282 e. The Morgan fingerprint density at radius 3 is 2.62 bits per heavy atom. The van der Waals surface area contributed by atoms with Crippen molar-refractivity contribution in [1.29, 1.82) is 0 Å². The predicted octanol–water partition coefficient (Wildman–Crippen LogP) is 1.29. The molecule has 0 aromatic heterocycles. The third-order valence-corrected chi connectivity index (χ3v) is 3.99. The second-order valence-corrected chi connectivity index (χ2v) is 5.72. The van der Waals surface area contributed by atoms with Crippen molar-refractivity contribution in [3.05, 3.63) is 65.7 Å². The van der Waals surface area contributed by atoms with Crippen molar-refractivity contribution in [2.24, 2.45) is 0 Å². The molecule has 1 amide bonds. The number of carbonyl (C=O) groups excluding carboxylic acids is 1. The van der Waals surface area contributed by atoms with Gasteiger partial charge in [0.25, 0.3) is 5.91 Å². The standard InChI is InChI=1S/C18H20N2O/c1-19(13-15-7-3-2-4-8-15)14-18(21)20-12-11-16-9-5-6-10-17(16)20/h2-10H,11-14H2,1H3/p+1. The zero-order valence-electron chi connectivity index (χ0n) is 12.4. The van der Waals surface area contributed by atoms with Gasteiger partial charge in [0.1, 0.15) is 6.54 Å². The summed E-state index contributed by atoms with van der Waals surface area (Å²) in [5.74, 6) is 0.216. The number of rotatable bonds is 4. The molecule has 0 spiro atoms. The van der Waals surface area contributed by atoms with Gasteiger partial charge in [-0.15, -0.1) is 0 Å². The van der Waals surface area contributed by atoms with E-state index in [0.717, 1.165) is 25.2 Å². The summed E-state index contributed by atoms with van der Waals surface area (Å²) in [5.41, 5.74) is 3.64. The zero-order chi connectivity index (χ0) is 14.7. The Bertz CT molecular complexity index is 624. The number of hydrogen-bond acceptors (Lipinski definition) is 1. The number of hydrogen-bond donors (Lipinski definition) is 1. The van der Waals surface area contributed by atoms with Crippen LogP contribution in [0.5, 0.6) is 0 Å². The van der Waals surface area contributed by atoms with Crippen molar-refractivity contribution in [1.82, 2.24) is 0 Å². The van der Waals surface area contributed by atoms with Crippen LogP contribution in [0.25, 0.3) is 0 Å². The number of likely N-dealkylation sites (N-methyl/N-ethyl adjacent to an activating group) is 1. The summed E-state index contributed by atoms with van der Waals surface area (Å²) >= 11 is 0. The van der Waals surface area contributed by atoms with Crippen molar-refractivity contribution < 1.29 is 9.69 Å². The molecule has 0 fully saturated rings. The van der Waals surface area contributed by atoms with Gasteiger partial charge < -0.3 is 9.80 Å². The van der Waals surface area contributed by atoms with Gasteiger partial charge in [0.15, 0.2) is 6.54 Å². The molecule has 2 aromatic carbocycles. The highest BCUT2D eigenvalue weighted by Crippen LogP contribution is 2.26. The lowest BCUT2D eigenvalue weighted by molar-refractivity contribution is -0.885. The number of anilines is 1. The van der Waals surface area contributed by atoms with Gasteiger partial charge in [-0.25, -0.2) is 0 Å². The van der Waals surface area contributed by atoms with Crippen LogP contribution in [-0.4, -0.2) is 26.0 Å². The topological polar surface area (TPSA) is 24.8 Å². The fourth-order valence-electron chi connectivity index (χ4n) is 2.96. The maximum Gasteiger partial charge on any atom is 0.282 e. The number of amides is 1. The van der Waals surface area contributed by atoms with Crippen molar-refractivity contribution in [3.63, 3.8) is 0 Å². The van der Waals surface area contributed by atoms with E-state index in [9.17, 15) is 4.79 Å². The first-order valence-electron chi connectivity index (χ1n) is 7.47. The molecule has 1 aliphatic heterocycles. The van der Waals surface area contributed by atoms with Crippen molar-refractivity contribution in [3.8, 4) is 0 Å². The average Bonchev–Trinajstić information content (AvgIpc) is 2.92.